The van der Waals surface area contributed by atoms with Gasteiger partial charge in [-0.2, -0.15) is 0 Å². The fourth-order valence-corrected chi connectivity index (χ4v) is 4.27. The van der Waals surface area contributed by atoms with Crippen molar-refractivity contribution in [1.29, 1.82) is 0 Å². The Bertz CT molecular complexity index is 560. The molecule has 0 aromatic carbocycles. The summed E-state index contributed by atoms with van der Waals surface area (Å²) < 4.78 is 0. The fourth-order valence-electron chi connectivity index (χ4n) is 3.52. The van der Waals surface area contributed by atoms with E-state index in [2.05, 4.69) is 5.32 Å². The number of allylic oxidation sites excluding steroid dienone is 2. The van der Waals surface area contributed by atoms with Gasteiger partial charge in [0, 0.05) is 13.1 Å². The van der Waals surface area contributed by atoms with E-state index in [-0.39, 0.29) is 47.7 Å². The molecular weight excluding hydrogens is 308 g/mol. The first-order chi connectivity index (χ1) is 10.5. The topological polar surface area (TPSA) is 104 Å². The molecule has 0 spiro atoms. The van der Waals surface area contributed by atoms with E-state index in [4.69, 9.17) is 0 Å². The Labute approximate surface area is 131 Å². The van der Waals surface area contributed by atoms with E-state index in [1.165, 1.54) is 0 Å². The molecule has 4 atom stereocenters. The van der Waals surface area contributed by atoms with Crippen LogP contribution < -0.4 is 5.32 Å². The summed E-state index contributed by atoms with van der Waals surface area (Å²) in [6.45, 7) is 0.283. The molecule has 118 valence electrons. The molecule has 8 heteroatoms. The van der Waals surface area contributed by atoms with Crippen molar-refractivity contribution < 1.29 is 24.3 Å². The Hall–Kier alpha value is -1.83. The van der Waals surface area contributed by atoms with Crippen molar-refractivity contribution in [1.82, 2.24) is 10.2 Å². The lowest BCUT2D eigenvalue weighted by molar-refractivity contribution is -0.147. The van der Waals surface area contributed by atoms with E-state index in [0.717, 1.165) is 16.7 Å². The second-order valence-electron chi connectivity index (χ2n) is 5.73. The van der Waals surface area contributed by atoms with Crippen molar-refractivity contribution in [2.24, 2.45) is 23.7 Å². The van der Waals surface area contributed by atoms with Crippen molar-refractivity contribution in [2.75, 3.05) is 18.8 Å². The minimum atomic E-state index is -0.946. The minimum absolute atomic E-state index is 0.0308. The first kappa shape index (κ1) is 15.1. The molecule has 0 aromatic heterocycles. The van der Waals surface area contributed by atoms with Crippen LogP contribution in [0.25, 0.3) is 0 Å². The van der Waals surface area contributed by atoms with Crippen LogP contribution in [0, 0.1) is 23.7 Å². The van der Waals surface area contributed by atoms with Gasteiger partial charge >= 0.3 is 5.97 Å². The lowest BCUT2D eigenvalue weighted by Crippen LogP contribution is -2.43. The monoisotopic (exact) mass is 324 g/mol. The molecule has 3 aliphatic rings. The third-order valence-electron chi connectivity index (χ3n) is 4.52. The summed E-state index contributed by atoms with van der Waals surface area (Å²) in [6.07, 6.45) is 4.50. The van der Waals surface area contributed by atoms with Crippen molar-refractivity contribution in [3.63, 3.8) is 0 Å². The van der Waals surface area contributed by atoms with Gasteiger partial charge in [0.25, 0.3) is 5.24 Å². The number of nitrogens with one attached hydrogen (secondary N) is 1. The fraction of sp³-hybridized carbons (Fsp3) is 0.571. The molecule has 3 amide bonds. The Balaban J connectivity index is 1.56. The van der Waals surface area contributed by atoms with E-state index in [0.29, 0.717) is 6.42 Å². The summed E-state index contributed by atoms with van der Waals surface area (Å²) in [7, 11) is 0. The highest BCUT2D eigenvalue weighted by molar-refractivity contribution is 8.14. The maximum atomic E-state index is 12.3. The van der Waals surface area contributed by atoms with E-state index in [9.17, 15) is 24.3 Å². The Morgan fingerprint density at radius 3 is 2.55 bits per heavy atom. The highest BCUT2D eigenvalue weighted by Crippen LogP contribution is 2.48. The smallest absolute Gasteiger partial charge is 0.307 e. The molecule has 1 aliphatic heterocycles. The van der Waals surface area contributed by atoms with Gasteiger partial charge in [-0.25, -0.2) is 0 Å². The number of imide groups is 1. The number of nitrogens with zero attached hydrogens (tertiary/aromatic N) is 1. The number of rotatable bonds is 5. The average molecular weight is 324 g/mol. The van der Waals surface area contributed by atoms with Crippen molar-refractivity contribution in [3.05, 3.63) is 12.2 Å². The molecule has 4 unspecified atom stereocenters. The summed E-state index contributed by atoms with van der Waals surface area (Å²) in [6, 6.07) is 0. The summed E-state index contributed by atoms with van der Waals surface area (Å²) in [4.78, 5) is 47.6. The van der Waals surface area contributed by atoms with E-state index < -0.39 is 17.8 Å². The van der Waals surface area contributed by atoms with E-state index >= 15 is 0 Å². The number of carbonyl (C=O) groups is 4. The number of fused-ring (bicyclic) bond motifs is 2. The van der Waals surface area contributed by atoms with Gasteiger partial charge in [-0.3, -0.25) is 24.1 Å². The van der Waals surface area contributed by atoms with Crippen molar-refractivity contribution >= 4 is 34.8 Å². The molecule has 2 aliphatic carbocycles. The SMILES string of the molecule is O=C(O)C1C2C=CC(C2)C1C(=O)NCCN1C(=O)CSC1=O. The highest BCUT2D eigenvalue weighted by atomic mass is 32.2. The largest absolute Gasteiger partial charge is 0.481 e. The van der Waals surface area contributed by atoms with Gasteiger partial charge in [-0.1, -0.05) is 23.9 Å². The number of aliphatic carboxylic acids is 1. The number of thioether (sulfide) groups is 1. The molecular formula is C14H16N2O5S. The zero-order valence-corrected chi connectivity index (χ0v) is 12.5. The third-order valence-corrected chi connectivity index (χ3v) is 5.38. The van der Waals surface area contributed by atoms with Gasteiger partial charge in [-0.15, -0.1) is 0 Å². The normalized spacial score (nSPS) is 32.8. The average Bonchev–Trinajstić information content (AvgIpc) is 3.16. The molecule has 7 nitrogen and oxygen atoms in total. The molecule has 0 aromatic rings. The van der Waals surface area contributed by atoms with Crippen molar-refractivity contribution in [3.8, 4) is 0 Å². The second-order valence-corrected chi connectivity index (χ2v) is 6.66. The van der Waals surface area contributed by atoms with Gasteiger partial charge in [0.1, 0.15) is 0 Å². The molecule has 0 radical (unpaired) electrons. The highest BCUT2D eigenvalue weighted by Gasteiger charge is 2.51. The number of carboxylic acids is 1. The zero-order chi connectivity index (χ0) is 15.9. The summed E-state index contributed by atoms with van der Waals surface area (Å²) in [5, 5.41) is 11.7. The first-order valence-corrected chi connectivity index (χ1v) is 8.13. The van der Waals surface area contributed by atoms with E-state index in [1.54, 1.807) is 0 Å². The van der Waals surface area contributed by atoms with Crippen molar-refractivity contribution in [2.45, 2.75) is 6.42 Å². The standard InChI is InChI=1S/C14H16N2O5S/c17-9-6-22-14(21)16(9)4-3-15-12(18)10-7-1-2-8(5-7)11(10)13(19)20/h1-2,7-8,10-11H,3-6H2,(H,15,18)(H,19,20). The Morgan fingerprint density at radius 1 is 1.27 bits per heavy atom. The van der Waals surface area contributed by atoms with Crippen LogP contribution in [-0.2, 0) is 14.4 Å². The van der Waals surface area contributed by atoms with Gasteiger partial charge < -0.3 is 10.4 Å². The van der Waals surface area contributed by atoms with Crippen LogP contribution in [0.1, 0.15) is 6.42 Å². The zero-order valence-electron chi connectivity index (χ0n) is 11.7. The minimum Gasteiger partial charge on any atom is -0.481 e. The number of hydrogen-bond donors (Lipinski definition) is 2. The quantitative estimate of drug-likeness (QED) is 0.706. The van der Waals surface area contributed by atoms with Gasteiger partial charge in [0.2, 0.25) is 11.8 Å². The third kappa shape index (κ3) is 2.51. The van der Waals surface area contributed by atoms with E-state index in [1.807, 2.05) is 12.2 Å². The Kier molecular flexibility index (Phi) is 3.94. The molecule has 22 heavy (non-hydrogen) atoms. The van der Waals surface area contributed by atoms with Crippen LogP contribution in [0.2, 0.25) is 0 Å². The molecule has 1 saturated heterocycles. The number of carboxylic acid groups (broad SMARTS) is 1. The molecule has 2 N–H and O–H groups in total. The molecule has 1 heterocycles. The van der Waals surface area contributed by atoms with Gasteiger partial charge in [0.15, 0.2) is 0 Å². The second kappa shape index (κ2) is 5.75. The number of carbonyl (C=O) groups excluding carboxylic acids is 3. The lowest BCUT2D eigenvalue weighted by atomic mass is 9.82. The summed E-state index contributed by atoms with van der Waals surface area (Å²) in [5.74, 6) is -2.71. The molecule has 2 bridgehead atoms. The van der Waals surface area contributed by atoms with Crippen LogP contribution in [0.3, 0.4) is 0 Å². The lowest BCUT2D eigenvalue weighted by Gasteiger charge is -2.24. The maximum Gasteiger partial charge on any atom is 0.307 e. The molecule has 2 fully saturated rings. The van der Waals surface area contributed by atoms with Gasteiger partial charge in [-0.05, 0) is 18.3 Å². The van der Waals surface area contributed by atoms with Crippen LogP contribution in [0.15, 0.2) is 12.2 Å². The molecule has 3 rings (SSSR count). The van der Waals surface area contributed by atoms with Crippen LogP contribution in [-0.4, -0.2) is 51.9 Å². The Morgan fingerprint density at radius 2 is 1.95 bits per heavy atom. The first-order valence-electron chi connectivity index (χ1n) is 7.15. The number of hydrogen-bond acceptors (Lipinski definition) is 5. The molecule has 1 saturated carbocycles. The number of amides is 3. The maximum absolute atomic E-state index is 12.3. The predicted molar refractivity (Wildman–Crippen MR) is 77.9 cm³/mol. The van der Waals surface area contributed by atoms with Crippen LogP contribution >= 0.6 is 11.8 Å². The van der Waals surface area contributed by atoms with Crippen LogP contribution in [0.4, 0.5) is 4.79 Å². The predicted octanol–water partition coefficient (Wildman–Crippen LogP) is 0.321. The van der Waals surface area contributed by atoms with Gasteiger partial charge in [0.05, 0.1) is 17.6 Å². The summed E-state index contributed by atoms with van der Waals surface area (Å²) in [5.41, 5.74) is 0. The summed E-state index contributed by atoms with van der Waals surface area (Å²) >= 11 is 0.950. The van der Waals surface area contributed by atoms with Crippen LogP contribution in [0.5, 0.6) is 0 Å².